The van der Waals surface area contributed by atoms with E-state index >= 15 is 0 Å². The molecular formula is C15H20ClN5O. The van der Waals surface area contributed by atoms with E-state index < -0.39 is 0 Å². The number of aromatic nitrogens is 3. The molecule has 0 atom stereocenters. The van der Waals surface area contributed by atoms with Crippen molar-refractivity contribution in [2.75, 3.05) is 13.1 Å². The van der Waals surface area contributed by atoms with Gasteiger partial charge >= 0.3 is 0 Å². The Hall–Kier alpha value is -1.92. The second-order valence-corrected chi connectivity index (χ2v) is 5.07. The molecule has 6 nitrogen and oxygen atoms in total. The van der Waals surface area contributed by atoms with Crippen molar-refractivity contribution in [3.8, 4) is 0 Å². The second-order valence-electron chi connectivity index (χ2n) is 5.07. The van der Waals surface area contributed by atoms with Gasteiger partial charge in [-0.3, -0.25) is 4.79 Å². The molecule has 0 radical (unpaired) electrons. The molecule has 1 amide bonds. The number of hydrogen-bond acceptors (Lipinski definition) is 4. The first-order chi connectivity index (χ1) is 10.3. The van der Waals surface area contributed by atoms with Crippen molar-refractivity contribution >= 4 is 18.3 Å². The van der Waals surface area contributed by atoms with Crippen molar-refractivity contribution in [1.29, 1.82) is 0 Å². The first kappa shape index (κ1) is 16.5. The Morgan fingerprint density at radius 1 is 1.14 bits per heavy atom. The first-order valence-corrected chi connectivity index (χ1v) is 7.25. The maximum atomic E-state index is 12.1. The second kappa shape index (κ2) is 7.38. The van der Waals surface area contributed by atoms with Crippen LogP contribution in [0.15, 0.2) is 30.3 Å². The molecule has 1 aromatic carbocycles. The van der Waals surface area contributed by atoms with Gasteiger partial charge in [0.2, 0.25) is 5.82 Å². The van der Waals surface area contributed by atoms with Crippen LogP contribution in [0.5, 0.6) is 0 Å². The molecule has 0 saturated heterocycles. The number of amides is 1. The smallest absolute Gasteiger partial charge is 0.291 e. The molecule has 0 fully saturated rings. The van der Waals surface area contributed by atoms with Crippen LogP contribution in [0.3, 0.4) is 0 Å². The predicted octanol–water partition coefficient (Wildman–Crippen LogP) is 1.47. The lowest BCUT2D eigenvalue weighted by molar-refractivity contribution is 0.0705. The quantitative estimate of drug-likeness (QED) is 0.905. The number of carbonyl (C=O) groups excluding carboxylic acids is 1. The Bertz CT molecular complexity index is 628. The van der Waals surface area contributed by atoms with Crippen molar-refractivity contribution in [2.45, 2.75) is 26.6 Å². The van der Waals surface area contributed by atoms with Crippen LogP contribution in [0.25, 0.3) is 0 Å². The highest BCUT2D eigenvalue weighted by atomic mass is 35.5. The number of rotatable bonds is 5. The number of halogens is 1. The Labute approximate surface area is 135 Å². The van der Waals surface area contributed by atoms with E-state index in [0.717, 1.165) is 25.5 Å². The molecule has 22 heavy (non-hydrogen) atoms. The molecule has 0 unspecified atom stereocenters. The van der Waals surface area contributed by atoms with Gasteiger partial charge in [-0.15, -0.1) is 22.6 Å². The molecule has 0 spiro atoms. The lowest BCUT2D eigenvalue weighted by Gasteiger charge is -2.26. The molecule has 1 N–H and O–H groups in total. The van der Waals surface area contributed by atoms with Crippen molar-refractivity contribution in [1.82, 2.24) is 25.0 Å². The lowest BCUT2D eigenvalue weighted by atomic mass is 10.2. The first-order valence-electron chi connectivity index (χ1n) is 7.25. The molecule has 2 aromatic rings. The van der Waals surface area contributed by atoms with Crippen molar-refractivity contribution < 1.29 is 4.79 Å². The monoisotopic (exact) mass is 321 g/mol. The number of carbonyl (C=O) groups is 1. The van der Waals surface area contributed by atoms with E-state index in [9.17, 15) is 4.79 Å². The molecule has 1 aliphatic heterocycles. The van der Waals surface area contributed by atoms with Crippen LogP contribution >= 0.6 is 12.4 Å². The van der Waals surface area contributed by atoms with Gasteiger partial charge in [-0.25, -0.2) is 0 Å². The normalized spacial score (nSPS) is 13.7. The van der Waals surface area contributed by atoms with Gasteiger partial charge < -0.3 is 14.8 Å². The summed E-state index contributed by atoms with van der Waals surface area (Å²) in [6.45, 7) is 5.58. The molecule has 2 heterocycles. The summed E-state index contributed by atoms with van der Waals surface area (Å²) in [4.78, 5) is 13.9. The topological polar surface area (TPSA) is 63.1 Å². The van der Waals surface area contributed by atoms with Crippen LogP contribution in [-0.2, 0) is 19.6 Å². The highest BCUT2D eigenvalue weighted by Crippen LogP contribution is 2.12. The zero-order valence-corrected chi connectivity index (χ0v) is 13.3. The minimum absolute atomic E-state index is 0. The summed E-state index contributed by atoms with van der Waals surface area (Å²) < 4.78 is 1.92. The Balaban J connectivity index is 0.00000176. The third-order valence-corrected chi connectivity index (χ3v) is 3.74. The predicted molar refractivity (Wildman–Crippen MR) is 85.8 cm³/mol. The van der Waals surface area contributed by atoms with Crippen LogP contribution < -0.4 is 5.32 Å². The summed E-state index contributed by atoms with van der Waals surface area (Å²) in [6, 6.07) is 10.2. The van der Waals surface area contributed by atoms with Crippen LogP contribution in [0, 0.1) is 0 Å². The maximum Gasteiger partial charge on any atom is 0.291 e. The maximum absolute atomic E-state index is 12.1. The number of hydrogen-bond donors (Lipinski definition) is 1. The van der Waals surface area contributed by atoms with E-state index in [1.54, 1.807) is 4.90 Å². The standard InChI is InChI=1S/C15H19N5O.ClH/c1-2-19-8-9-20-13(17-18-14(20)15(19)21)11-16-10-12-6-4-3-5-7-12;/h3-7,16H,2,8-11H2,1H3;1H. The summed E-state index contributed by atoms with van der Waals surface area (Å²) in [5.41, 5.74) is 1.23. The van der Waals surface area contributed by atoms with Gasteiger partial charge in [-0.2, -0.15) is 0 Å². The molecule has 7 heteroatoms. The molecular weight excluding hydrogens is 302 g/mol. The summed E-state index contributed by atoms with van der Waals surface area (Å²) in [7, 11) is 0. The minimum Gasteiger partial charge on any atom is -0.334 e. The Kier molecular flexibility index (Phi) is 5.51. The van der Waals surface area contributed by atoms with Gasteiger partial charge in [-0.1, -0.05) is 30.3 Å². The highest BCUT2D eigenvalue weighted by Gasteiger charge is 2.27. The van der Waals surface area contributed by atoms with Crippen LogP contribution in [0.2, 0.25) is 0 Å². The summed E-state index contributed by atoms with van der Waals surface area (Å²) in [5.74, 6) is 1.26. The van der Waals surface area contributed by atoms with Crippen LogP contribution in [-0.4, -0.2) is 38.7 Å². The van der Waals surface area contributed by atoms with E-state index in [-0.39, 0.29) is 18.3 Å². The van der Waals surface area contributed by atoms with E-state index in [1.165, 1.54) is 5.56 Å². The Morgan fingerprint density at radius 3 is 2.64 bits per heavy atom. The summed E-state index contributed by atoms with van der Waals surface area (Å²) in [5, 5.41) is 11.5. The van der Waals surface area contributed by atoms with Crippen molar-refractivity contribution in [2.24, 2.45) is 0 Å². The van der Waals surface area contributed by atoms with E-state index in [2.05, 4.69) is 27.6 Å². The van der Waals surface area contributed by atoms with Crippen molar-refractivity contribution in [3.05, 3.63) is 47.5 Å². The average Bonchev–Trinajstić information content (AvgIpc) is 2.93. The summed E-state index contributed by atoms with van der Waals surface area (Å²) in [6.07, 6.45) is 0. The van der Waals surface area contributed by atoms with Gasteiger partial charge in [0.25, 0.3) is 5.91 Å². The molecule has 3 rings (SSSR count). The largest absolute Gasteiger partial charge is 0.334 e. The molecule has 1 aromatic heterocycles. The average molecular weight is 322 g/mol. The fourth-order valence-electron chi connectivity index (χ4n) is 2.54. The van der Waals surface area contributed by atoms with Gasteiger partial charge in [0.1, 0.15) is 5.82 Å². The van der Waals surface area contributed by atoms with Gasteiger partial charge in [0.05, 0.1) is 6.54 Å². The number of nitrogens with zero attached hydrogens (tertiary/aromatic N) is 4. The van der Waals surface area contributed by atoms with Crippen LogP contribution in [0.1, 0.15) is 28.9 Å². The minimum atomic E-state index is -0.0226. The SMILES string of the molecule is CCN1CCn2c(CNCc3ccccc3)nnc2C1=O.Cl. The molecule has 118 valence electrons. The summed E-state index contributed by atoms with van der Waals surface area (Å²) >= 11 is 0. The highest BCUT2D eigenvalue weighted by molar-refractivity contribution is 5.91. The molecule has 0 aliphatic carbocycles. The van der Waals surface area contributed by atoms with E-state index in [1.807, 2.05) is 29.7 Å². The third kappa shape index (κ3) is 3.28. The van der Waals surface area contributed by atoms with E-state index in [0.29, 0.717) is 18.9 Å². The molecule has 1 aliphatic rings. The van der Waals surface area contributed by atoms with Gasteiger partial charge in [-0.05, 0) is 12.5 Å². The molecule has 0 saturated carbocycles. The zero-order chi connectivity index (χ0) is 14.7. The number of likely N-dealkylation sites (N-methyl/N-ethyl adjacent to an activating group) is 1. The fraction of sp³-hybridized carbons (Fsp3) is 0.400. The zero-order valence-electron chi connectivity index (χ0n) is 12.5. The van der Waals surface area contributed by atoms with Crippen LogP contribution in [0.4, 0.5) is 0 Å². The lowest BCUT2D eigenvalue weighted by Crippen LogP contribution is -2.40. The molecule has 0 bridgehead atoms. The van der Waals surface area contributed by atoms with Gasteiger partial charge in [0.15, 0.2) is 0 Å². The van der Waals surface area contributed by atoms with E-state index in [4.69, 9.17) is 0 Å². The number of nitrogens with one attached hydrogen (secondary N) is 1. The van der Waals surface area contributed by atoms with Gasteiger partial charge in [0, 0.05) is 26.2 Å². The third-order valence-electron chi connectivity index (χ3n) is 3.74. The Morgan fingerprint density at radius 2 is 1.91 bits per heavy atom. The fourth-order valence-corrected chi connectivity index (χ4v) is 2.54. The number of fused-ring (bicyclic) bond motifs is 1. The number of benzene rings is 1. The van der Waals surface area contributed by atoms with Crippen molar-refractivity contribution in [3.63, 3.8) is 0 Å².